The second-order valence-electron chi connectivity index (χ2n) is 4.26. The van der Waals surface area contributed by atoms with Crippen molar-refractivity contribution in [3.63, 3.8) is 0 Å². The Labute approximate surface area is 111 Å². The van der Waals surface area contributed by atoms with Gasteiger partial charge in [-0.25, -0.2) is 0 Å². The van der Waals surface area contributed by atoms with Crippen LogP contribution in [0.1, 0.15) is 18.4 Å². The van der Waals surface area contributed by atoms with Crippen molar-refractivity contribution in [3.8, 4) is 5.75 Å². The average molecular weight is 257 g/mol. The summed E-state index contributed by atoms with van der Waals surface area (Å²) < 4.78 is 0. The third-order valence-corrected chi connectivity index (χ3v) is 2.86. The summed E-state index contributed by atoms with van der Waals surface area (Å²) in [5, 5.41) is 18.4. The van der Waals surface area contributed by atoms with Gasteiger partial charge < -0.3 is 10.2 Å². The molecule has 0 amide bonds. The average Bonchev–Trinajstić information content (AvgIpc) is 2.40. The van der Waals surface area contributed by atoms with E-state index in [-0.39, 0.29) is 12.3 Å². The molecule has 2 N–H and O–H groups in total. The Morgan fingerprint density at radius 3 is 2.74 bits per heavy atom. The molecule has 98 valence electrons. The number of para-hydroxylation sites is 1. The van der Waals surface area contributed by atoms with Crippen LogP contribution in [0.5, 0.6) is 5.75 Å². The molecule has 1 aliphatic carbocycles. The van der Waals surface area contributed by atoms with Crippen molar-refractivity contribution in [2.24, 2.45) is 4.99 Å². The molecule has 0 saturated carbocycles. The molecule has 4 heteroatoms. The van der Waals surface area contributed by atoms with Crippen LogP contribution >= 0.6 is 0 Å². The Morgan fingerprint density at radius 1 is 1.26 bits per heavy atom. The molecule has 0 radical (unpaired) electrons. The minimum absolute atomic E-state index is 0.210. The van der Waals surface area contributed by atoms with Crippen LogP contribution in [0, 0.1) is 0 Å². The van der Waals surface area contributed by atoms with E-state index in [0.29, 0.717) is 12.8 Å². The highest BCUT2D eigenvalue weighted by atomic mass is 16.4. The third kappa shape index (κ3) is 3.55. The number of allylic oxidation sites excluding steroid dienone is 3. The van der Waals surface area contributed by atoms with Crippen molar-refractivity contribution in [1.82, 2.24) is 0 Å². The standard InChI is InChI=1S/C15H15NO3/c17-14-8-4-2-6-12(14)9-11-5-1-3-7-13(11)16-10-15(18)19/h1-4,6,8-9,17H,5,7,10H2,(H,18,19). The van der Waals surface area contributed by atoms with Gasteiger partial charge in [-0.15, -0.1) is 0 Å². The first-order valence-corrected chi connectivity index (χ1v) is 6.06. The maximum atomic E-state index is 10.6. The highest BCUT2D eigenvalue weighted by Crippen LogP contribution is 2.23. The molecule has 0 fully saturated rings. The zero-order chi connectivity index (χ0) is 13.7. The number of hydrogen-bond acceptors (Lipinski definition) is 3. The fraction of sp³-hybridized carbons (Fsp3) is 0.200. The molecule has 1 aliphatic rings. The van der Waals surface area contributed by atoms with Gasteiger partial charge in [0.2, 0.25) is 0 Å². The van der Waals surface area contributed by atoms with Gasteiger partial charge in [-0.05, 0) is 24.1 Å². The van der Waals surface area contributed by atoms with E-state index in [2.05, 4.69) is 4.99 Å². The van der Waals surface area contributed by atoms with E-state index in [0.717, 1.165) is 16.8 Å². The number of carbonyl (C=O) groups is 1. The second-order valence-corrected chi connectivity index (χ2v) is 4.26. The molecule has 0 aliphatic heterocycles. The van der Waals surface area contributed by atoms with E-state index < -0.39 is 5.97 Å². The van der Waals surface area contributed by atoms with Crippen molar-refractivity contribution in [3.05, 3.63) is 47.6 Å². The summed E-state index contributed by atoms with van der Waals surface area (Å²) in [7, 11) is 0. The van der Waals surface area contributed by atoms with Gasteiger partial charge in [0.05, 0.1) is 0 Å². The fourth-order valence-corrected chi connectivity index (χ4v) is 1.92. The summed E-state index contributed by atoms with van der Waals surface area (Å²) in [4.78, 5) is 14.7. The first-order chi connectivity index (χ1) is 9.16. The Morgan fingerprint density at radius 2 is 2.00 bits per heavy atom. The molecule has 2 rings (SSSR count). The lowest BCUT2D eigenvalue weighted by Gasteiger charge is -2.12. The third-order valence-electron chi connectivity index (χ3n) is 2.86. The van der Waals surface area contributed by atoms with Gasteiger partial charge in [-0.3, -0.25) is 9.79 Å². The molecule has 19 heavy (non-hydrogen) atoms. The second kappa shape index (κ2) is 6.00. The molecule has 1 aromatic carbocycles. The highest BCUT2D eigenvalue weighted by Gasteiger charge is 2.10. The fourth-order valence-electron chi connectivity index (χ4n) is 1.92. The van der Waals surface area contributed by atoms with Crippen LogP contribution in [0.15, 0.2) is 47.0 Å². The minimum Gasteiger partial charge on any atom is -0.507 e. The van der Waals surface area contributed by atoms with Crippen molar-refractivity contribution >= 4 is 17.8 Å². The van der Waals surface area contributed by atoms with Crippen molar-refractivity contribution in [1.29, 1.82) is 0 Å². The molecule has 0 aromatic heterocycles. The Bertz CT molecular complexity index is 571. The molecule has 0 heterocycles. The summed E-state index contributed by atoms with van der Waals surface area (Å²) in [5.74, 6) is -0.730. The molecular weight excluding hydrogens is 242 g/mol. The molecule has 0 unspecified atom stereocenters. The number of carboxylic acid groups (broad SMARTS) is 1. The molecular formula is C15H15NO3. The summed E-state index contributed by atoms with van der Waals surface area (Å²) in [5.41, 5.74) is 2.44. The zero-order valence-electron chi connectivity index (χ0n) is 10.4. The number of nitrogens with zero attached hydrogens (tertiary/aromatic N) is 1. The number of phenols is 1. The molecule has 0 atom stereocenters. The van der Waals surface area contributed by atoms with Crippen LogP contribution in [0.4, 0.5) is 0 Å². The van der Waals surface area contributed by atoms with Crippen LogP contribution < -0.4 is 0 Å². The lowest BCUT2D eigenvalue weighted by atomic mass is 9.96. The van der Waals surface area contributed by atoms with Gasteiger partial charge in [0.25, 0.3) is 0 Å². The van der Waals surface area contributed by atoms with Gasteiger partial charge in [-0.1, -0.05) is 30.4 Å². The van der Waals surface area contributed by atoms with E-state index >= 15 is 0 Å². The topological polar surface area (TPSA) is 69.9 Å². The minimum atomic E-state index is -0.941. The van der Waals surface area contributed by atoms with E-state index in [9.17, 15) is 9.90 Å². The predicted octanol–water partition coefficient (Wildman–Crippen LogP) is 2.65. The van der Waals surface area contributed by atoms with Crippen LogP contribution in [0.2, 0.25) is 0 Å². The van der Waals surface area contributed by atoms with Gasteiger partial charge in [-0.2, -0.15) is 0 Å². The number of hydrogen-bond donors (Lipinski definition) is 2. The highest BCUT2D eigenvalue weighted by molar-refractivity contribution is 6.06. The van der Waals surface area contributed by atoms with Crippen molar-refractivity contribution in [2.75, 3.05) is 6.54 Å². The van der Waals surface area contributed by atoms with Crippen molar-refractivity contribution < 1.29 is 15.0 Å². The maximum Gasteiger partial charge on any atom is 0.325 e. The predicted molar refractivity (Wildman–Crippen MR) is 74.4 cm³/mol. The van der Waals surface area contributed by atoms with Crippen molar-refractivity contribution in [2.45, 2.75) is 12.8 Å². The first-order valence-electron chi connectivity index (χ1n) is 6.06. The Balaban J connectivity index is 2.30. The normalized spacial score (nSPS) is 18.9. The summed E-state index contributed by atoms with van der Waals surface area (Å²) in [6.45, 7) is -0.221. The Hall–Kier alpha value is -2.36. The smallest absolute Gasteiger partial charge is 0.325 e. The largest absolute Gasteiger partial charge is 0.507 e. The molecule has 1 aromatic rings. The van der Waals surface area contributed by atoms with Gasteiger partial charge >= 0.3 is 5.97 Å². The van der Waals surface area contributed by atoms with Crippen LogP contribution in [0.25, 0.3) is 6.08 Å². The van der Waals surface area contributed by atoms with Crippen LogP contribution in [-0.2, 0) is 4.79 Å². The summed E-state index contributed by atoms with van der Waals surface area (Å²) in [6, 6.07) is 7.05. The van der Waals surface area contributed by atoms with E-state index in [1.165, 1.54) is 0 Å². The van der Waals surface area contributed by atoms with Gasteiger partial charge in [0.15, 0.2) is 0 Å². The number of phenolic OH excluding ortho intramolecular Hbond substituents is 1. The summed E-state index contributed by atoms with van der Waals surface area (Å²) >= 11 is 0. The van der Waals surface area contributed by atoms with Gasteiger partial charge in [0, 0.05) is 17.7 Å². The lowest BCUT2D eigenvalue weighted by molar-refractivity contribution is -0.135. The van der Waals surface area contributed by atoms with Gasteiger partial charge in [0.1, 0.15) is 12.3 Å². The molecule has 0 spiro atoms. The lowest BCUT2D eigenvalue weighted by Crippen LogP contribution is -2.09. The van der Waals surface area contributed by atoms with E-state index in [1.54, 1.807) is 12.1 Å². The van der Waals surface area contributed by atoms with Crippen LogP contribution in [-0.4, -0.2) is 28.4 Å². The van der Waals surface area contributed by atoms with Crippen LogP contribution in [0.3, 0.4) is 0 Å². The molecule has 0 saturated heterocycles. The number of aromatic hydroxyl groups is 1. The monoisotopic (exact) mass is 257 g/mol. The maximum absolute atomic E-state index is 10.6. The quantitative estimate of drug-likeness (QED) is 0.818. The molecule has 4 nitrogen and oxygen atoms in total. The number of rotatable bonds is 3. The van der Waals surface area contributed by atoms with E-state index in [4.69, 9.17) is 5.11 Å². The number of carboxylic acids is 1. The number of benzene rings is 1. The Kier molecular flexibility index (Phi) is 4.13. The zero-order valence-corrected chi connectivity index (χ0v) is 10.4. The molecule has 0 bridgehead atoms. The SMILES string of the molecule is O=C(O)CN=C1CC=CCC1=Cc1ccccc1O. The number of aliphatic imine (C=N–C) groups is 1. The number of aliphatic carboxylic acids is 1. The first kappa shape index (κ1) is 13.1. The summed E-state index contributed by atoms with van der Waals surface area (Å²) in [6.07, 6.45) is 7.19. The van der Waals surface area contributed by atoms with E-state index in [1.807, 2.05) is 30.4 Å².